The van der Waals surface area contributed by atoms with E-state index in [1.807, 2.05) is 0 Å². The highest BCUT2D eigenvalue weighted by Crippen LogP contribution is 2.28. The quantitative estimate of drug-likeness (QED) is 0.348. The van der Waals surface area contributed by atoms with Crippen LogP contribution in [0.5, 0.6) is 5.75 Å². The Bertz CT molecular complexity index is 1160. The fourth-order valence-corrected chi connectivity index (χ4v) is 6.14. The van der Waals surface area contributed by atoms with Crippen LogP contribution in [-0.2, 0) is 10.0 Å². The molecule has 1 aliphatic rings. The van der Waals surface area contributed by atoms with Gasteiger partial charge in [0.05, 0.1) is 16.0 Å². The van der Waals surface area contributed by atoms with Crippen LogP contribution in [0.2, 0.25) is 0 Å². The van der Waals surface area contributed by atoms with E-state index in [2.05, 4.69) is 40.4 Å². The maximum absolute atomic E-state index is 13.0. The molecule has 2 N–H and O–H groups in total. The van der Waals surface area contributed by atoms with Crippen LogP contribution in [0.3, 0.4) is 0 Å². The molecule has 10 heteroatoms. The van der Waals surface area contributed by atoms with E-state index in [1.165, 1.54) is 4.31 Å². The Balaban J connectivity index is 1.56. The number of ether oxygens (including phenoxy) is 1. The molecule has 0 aliphatic heterocycles. The van der Waals surface area contributed by atoms with E-state index >= 15 is 0 Å². The van der Waals surface area contributed by atoms with Crippen molar-refractivity contribution in [1.29, 1.82) is 0 Å². The van der Waals surface area contributed by atoms with Gasteiger partial charge in [0.15, 0.2) is 5.11 Å². The summed E-state index contributed by atoms with van der Waals surface area (Å²) in [6, 6.07) is 11.5. The van der Waals surface area contributed by atoms with Gasteiger partial charge in [-0.15, -0.1) is 0 Å². The topological polar surface area (TPSA) is 87.7 Å². The number of nitrogens with zero attached hydrogens (tertiary/aromatic N) is 1. The molecule has 196 valence electrons. The van der Waals surface area contributed by atoms with Gasteiger partial charge in [0, 0.05) is 24.3 Å². The molecule has 7 nitrogen and oxygen atoms in total. The summed E-state index contributed by atoms with van der Waals surface area (Å²) in [5, 5.41) is 5.70. The van der Waals surface area contributed by atoms with E-state index in [1.54, 1.807) is 49.5 Å². The first kappa shape index (κ1) is 28.6. The first-order valence-electron chi connectivity index (χ1n) is 12.2. The largest absolute Gasteiger partial charge is 0.492 e. The van der Waals surface area contributed by atoms with Gasteiger partial charge in [-0.1, -0.05) is 33.1 Å². The number of nitrogens with one attached hydrogen (secondary N) is 2. The summed E-state index contributed by atoms with van der Waals surface area (Å²) in [6.07, 6.45) is 6.02. The van der Waals surface area contributed by atoms with E-state index in [9.17, 15) is 13.2 Å². The molecule has 0 heterocycles. The predicted molar refractivity (Wildman–Crippen MR) is 151 cm³/mol. The van der Waals surface area contributed by atoms with Crippen LogP contribution in [0.15, 0.2) is 51.8 Å². The third kappa shape index (κ3) is 7.74. The van der Waals surface area contributed by atoms with E-state index in [0.29, 0.717) is 34.0 Å². The maximum atomic E-state index is 13.0. The molecule has 2 aromatic carbocycles. The lowest BCUT2D eigenvalue weighted by molar-refractivity contribution is 0.0977. The third-order valence-corrected chi connectivity index (χ3v) is 9.00. The molecule has 0 atom stereocenters. The monoisotopic (exact) mass is 595 g/mol. The van der Waals surface area contributed by atoms with Gasteiger partial charge in [-0.2, -0.15) is 4.31 Å². The molecule has 0 aromatic heterocycles. The summed E-state index contributed by atoms with van der Waals surface area (Å²) in [5.41, 5.74) is 1.00. The van der Waals surface area contributed by atoms with Gasteiger partial charge in [0.2, 0.25) is 10.0 Å². The lowest BCUT2D eigenvalue weighted by Gasteiger charge is -2.30. The smallest absolute Gasteiger partial charge is 0.257 e. The van der Waals surface area contributed by atoms with Crippen molar-refractivity contribution >= 4 is 54.9 Å². The first-order valence-corrected chi connectivity index (χ1v) is 14.8. The Kier molecular flexibility index (Phi) is 10.3. The maximum Gasteiger partial charge on any atom is 0.257 e. The van der Waals surface area contributed by atoms with Gasteiger partial charge < -0.3 is 10.1 Å². The van der Waals surface area contributed by atoms with Gasteiger partial charge in [-0.05, 0) is 95.8 Å². The van der Waals surface area contributed by atoms with Crippen molar-refractivity contribution in [3.05, 3.63) is 52.5 Å². The fourth-order valence-electron chi connectivity index (χ4n) is 4.02. The molecule has 3 rings (SSSR count). The molecule has 2 aromatic rings. The third-order valence-electron chi connectivity index (χ3n) is 6.25. The fraction of sp³-hybridized carbons (Fsp3) is 0.462. The van der Waals surface area contributed by atoms with Crippen molar-refractivity contribution in [3.63, 3.8) is 0 Å². The number of benzene rings is 2. The number of carbonyl (C=O) groups is 1. The number of thiocarbonyl (C=S) groups is 1. The van der Waals surface area contributed by atoms with Gasteiger partial charge in [-0.25, -0.2) is 8.42 Å². The lowest BCUT2D eigenvalue weighted by atomic mass is 9.96. The molecule has 0 bridgehead atoms. The van der Waals surface area contributed by atoms with Crippen molar-refractivity contribution in [2.45, 2.75) is 63.3 Å². The second-order valence-electron chi connectivity index (χ2n) is 9.42. The summed E-state index contributed by atoms with van der Waals surface area (Å²) in [5.74, 6) is 0.859. The number of amides is 1. The van der Waals surface area contributed by atoms with E-state index in [4.69, 9.17) is 17.0 Å². The highest BCUT2D eigenvalue weighted by Gasteiger charge is 2.29. The molecular weight excluding hydrogens is 562 g/mol. The average Bonchev–Trinajstić information content (AvgIpc) is 2.85. The zero-order valence-electron chi connectivity index (χ0n) is 20.9. The van der Waals surface area contributed by atoms with Gasteiger partial charge in [-0.3, -0.25) is 10.1 Å². The minimum absolute atomic E-state index is 0.0463. The van der Waals surface area contributed by atoms with E-state index in [-0.39, 0.29) is 22.0 Å². The number of hydrogen-bond donors (Lipinski definition) is 2. The second kappa shape index (κ2) is 13.0. The van der Waals surface area contributed by atoms with E-state index in [0.717, 1.165) is 38.5 Å². The average molecular weight is 597 g/mol. The van der Waals surface area contributed by atoms with Crippen molar-refractivity contribution in [2.24, 2.45) is 5.92 Å². The number of anilines is 1. The van der Waals surface area contributed by atoms with Crippen LogP contribution in [-0.4, -0.2) is 43.4 Å². The number of halogens is 1. The number of carbonyl (C=O) groups excluding carboxylic acids is 1. The van der Waals surface area contributed by atoms with Crippen LogP contribution in [0.4, 0.5) is 5.69 Å². The van der Waals surface area contributed by atoms with E-state index < -0.39 is 10.0 Å². The molecule has 1 amide bonds. The number of hydrogen-bond acceptors (Lipinski definition) is 5. The molecule has 1 fully saturated rings. The molecule has 36 heavy (non-hydrogen) atoms. The summed E-state index contributed by atoms with van der Waals surface area (Å²) >= 11 is 8.73. The minimum atomic E-state index is -3.57. The van der Waals surface area contributed by atoms with Crippen LogP contribution < -0.4 is 15.4 Å². The van der Waals surface area contributed by atoms with Crippen LogP contribution in [0, 0.1) is 5.92 Å². The molecule has 0 saturated heterocycles. The molecule has 0 spiro atoms. The summed E-state index contributed by atoms with van der Waals surface area (Å²) in [7, 11) is -1.91. The van der Waals surface area contributed by atoms with Gasteiger partial charge in [0.25, 0.3) is 5.91 Å². The first-order chi connectivity index (χ1) is 17.1. The number of rotatable bonds is 9. The normalized spacial score (nSPS) is 14.6. The number of sulfonamides is 1. The Morgan fingerprint density at radius 1 is 1.14 bits per heavy atom. The zero-order chi connectivity index (χ0) is 26.3. The van der Waals surface area contributed by atoms with Gasteiger partial charge in [0.1, 0.15) is 5.75 Å². The van der Waals surface area contributed by atoms with Crippen molar-refractivity contribution in [3.8, 4) is 5.75 Å². The predicted octanol–water partition coefficient (Wildman–Crippen LogP) is 5.95. The standard InChI is InChI=1S/C26H34BrN3O4S2/c1-18(2)15-16-34-24-14-9-19(17-23(24)27)25(31)29-26(35)28-20-10-12-22(13-11-20)36(32,33)30(3)21-7-5-4-6-8-21/h9-14,17-18,21H,4-8,15-16H2,1-3H3,(H2,28,29,31,35). The Hall–Kier alpha value is -2.01. The molecule has 1 aliphatic carbocycles. The summed E-state index contributed by atoms with van der Waals surface area (Å²) < 4.78 is 34.0. The Morgan fingerprint density at radius 3 is 2.42 bits per heavy atom. The van der Waals surface area contributed by atoms with Gasteiger partial charge >= 0.3 is 0 Å². The zero-order valence-corrected chi connectivity index (χ0v) is 24.1. The molecule has 1 saturated carbocycles. The van der Waals surface area contributed by atoms with Crippen LogP contribution >= 0.6 is 28.1 Å². The van der Waals surface area contributed by atoms with Crippen LogP contribution in [0.1, 0.15) is 62.7 Å². The minimum Gasteiger partial charge on any atom is -0.492 e. The second-order valence-corrected chi connectivity index (χ2v) is 12.7. The van der Waals surface area contributed by atoms with Crippen molar-refractivity contribution in [1.82, 2.24) is 9.62 Å². The van der Waals surface area contributed by atoms with Crippen molar-refractivity contribution < 1.29 is 17.9 Å². The van der Waals surface area contributed by atoms with Crippen LogP contribution in [0.25, 0.3) is 0 Å². The highest BCUT2D eigenvalue weighted by atomic mass is 79.9. The molecule has 0 radical (unpaired) electrons. The SMILES string of the molecule is CC(C)CCOc1ccc(C(=O)NC(=S)Nc2ccc(S(=O)(=O)N(C)C3CCCCC3)cc2)cc1Br. The summed E-state index contributed by atoms with van der Waals surface area (Å²) in [6.45, 7) is 4.87. The van der Waals surface area contributed by atoms with Crippen molar-refractivity contribution in [2.75, 3.05) is 19.0 Å². The Morgan fingerprint density at radius 2 is 1.81 bits per heavy atom. The highest BCUT2D eigenvalue weighted by molar-refractivity contribution is 9.10. The molecular formula is C26H34BrN3O4S2. The Labute approximate surface area is 228 Å². The molecule has 0 unspecified atom stereocenters. The summed E-state index contributed by atoms with van der Waals surface area (Å²) in [4.78, 5) is 12.9. The lowest BCUT2D eigenvalue weighted by Crippen LogP contribution is -2.38.